The standard InChI is InChI=1S/C18H19N3O5/c1-3-8-20-17(19-13-7-5-4-6-12(13)18(20)23)11-9-14(21(24)25)16(22)15(10-11)26-2/h4-7,9-10,17,19,22H,3,8H2,1-2H3/t17-/m1/s1. The number of hydrogen-bond donors (Lipinski definition) is 2. The fraction of sp³-hybridized carbons (Fsp3) is 0.278. The van der Waals surface area contributed by atoms with Crippen LogP contribution < -0.4 is 10.1 Å². The lowest BCUT2D eigenvalue weighted by Gasteiger charge is -2.38. The first-order valence-electron chi connectivity index (χ1n) is 8.19. The third-order valence-electron chi connectivity index (χ3n) is 4.30. The van der Waals surface area contributed by atoms with Crippen molar-refractivity contribution in [2.45, 2.75) is 19.5 Å². The third kappa shape index (κ3) is 2.90. The highest BCUT2D eigenvalue weighted by Gasteiger charge is 2.34. The molecule has 1 atom stereocenters. The van der Waals surface area contributed by atoms with E-state index < -0.39 is 22.5 Å². The molecular formula is C18H19N3O5. The van der Waals surface area contributed by atoms with Crippen LogP contribution in [0.2, 0.25) is 0 Å². The maximum atomic E-state index is 12.9. The van der Waals surface area contributed by atoms with Gasteiger partial charge in [-0.1, -0.05) is 19.1 Å². The summed E-state index contributed by atoms with van der Waals surface area (Å²) in [6.07, 6.45) is 0.120. The summed E-state index contributed by atoms with van der Waals surface area (Å²) in [5.74, 6) is -0.703. The normalized spacial score (nSPS) is 16.0. The number of hydrogen-bond acceptors (Lipinski definition) is 6. The minimum atomic E-state index is -0.676. The van der Waals surface area contributed by atoms with Gasteiger partial charge in [-0.15, -0.1) is 0 Å². The average molecular weight is 357 g/mol. The summed E-state index contributed by atoms with van der Waals surface area (Å²) < 4.78 is 5.07. The van der Waals surface area contributed by atoms with Gasteiger partial charge < -0.3 is 20.1 Å². The number of fused-ring (bicyclic) bond motifs is 1. The smallest absolute Gasteiger partial charge is 0.315 e. The number of rotatable bonds is 5. The lowest BCUT2D eigenvalue weighted by molar-refractivity contribution is -0.386. The average Bonchev–Trinajstić information content (AvgIpc) is 2.64. The SMILES string of the molecule is CCCN1C(=O)c2ccccc2N[C@H]1c1cc(OC)c(O)c([N+](=O)[O-])c1. The maximum absolute atomic E-state index is 12.9. The molecule has 0 spiro atoms. The van der Waals surface area contributed by atoms with E-state index >= 15 is 0 Å². The van der Waals surface area contributed by atoms with Crippen LogP contribution in [0.15, 0.2) is 36.4 Å². The molecule has 1 amide bonds. The molecule has 3 rings (SSSR count). The summed E-state index contributed by atoms with van der Waals surface area (Å²) in [6, 6.07) is 9.89. The lowest BCUT2D eigenvalue weighted by Crippen LogP contribution is -2.43. The number of ether oxygens (including phenoxy) is 1. The first kappa shape index (κ1) is 17.5. The molecule has 0 fully saturated rings. The van der Waals surface area contributed by atoms with Gasteiger partial charge in [0.25, 0.3) is 5.91 Å². The summed E-state index contributed by atoms with van der Waals surface area (Å²) in [6.45, 7) is 2.42. The van der Waals surface area contributed by atoms with E-state index in [0.29, 0.717) is 23.4 Å². The number of aromatic hydroxyl groups is 1. The van der Waals surface area contributed by atoms with Crippen LogP contribution in [0.25, 0.3) is 0 Å². The van der Waals surface area contributed by atoms with Crippen molar-refractivity contribution in [2.75, 3.05) is 19.0 Å². The van der Waals surface area contributed by atoms with Gasteiger partial charge in [-0.05, 0) is 24.6 Å². The van der Waals surface area contributed by atoms with Crippen molar-refractivity contribution in [1.82, 2.24) is 4.90 Å². The highest BCUT2D eigenvalue weighted by molar-refractivity contribution is 6.01. The molecule has 1 heterocycles. The molecule has 8 heteroatoms. The Labute approximate surface area is 150 Å². The summed E-state index contributed by atoms with van der Waals surface area (Å²) in [5, 5.41) is 24.5. The van der Waals surface area contributed by atoms with E-state index in [-0.39, 0.29) is 11.7 Å². The molecule has 2 aromatic rings. The number of nitrogens with one attached hydrogen (secondary N) is 1. The summed E-state index contributed by atoms with van der Waals surface area (Å²) in [4.78, 5) is 25.1. The topological polar surface area (TPSA) is 105 Å². The van der Waals surface area contributed by atoms with E-state index in [2.05, 4.69) is 5.32 Å². The summed E-state index contributed by atoms with van der Waals surface area (Å²) >= 11 is 0. The monoisotopic (exact) mass is 357 g/mol. The van der Waals surface area contributed by atoms with Crippen molar-refractivity contribution in [2.24, 2.45) is 0 Å². The van der Waals surface area contributed by atoms with Crippen molar-refractivity contribution < 1.29 is 19.6 Å². The Kier molecular flexibility index (Phi) is 4.66. The quantitative estimate of drug-likeness (QED) is 0.628. The number of nitrogens with zero attached hydrogens (tertiary/aromatic N) is 2. The van der Waals surface area contributed by atoms with Crippen LogP contribution >= 0.6 is 0 Å². The second-order valence-electron chi connectivity index (χ2n) is 5.94. The van der Waals surface area contributed by atoms with Gasteiger partial charge in [-0.3, -0.25) is 14.9 Å². The van der Waals surface area contributed by atoms with Gasteiger partial charge in [0.05, 0.1) is 17.6 Å². The highest BCUT2D eigenvalue weighted by Crippen LogP contribution is 2.41. The number of benzene rings is 2. The second kappa shape index (κ2) is 6.91. The Morgan fingerprint density at radius 2 is 2.08 bits per heavy atom. The molecule has 1 aliphatic heterocycles. The van der Waals surface area contributed by atoms with Crippen LogP contribution in [0.3, 0.4) is 0 Å². The number of phenolic OH excluding ortho intramolecular Hbond substituents is 1. The molecule has 26 heavy (non-hydrogen) atoms. The van der Waals surface area contributed by atoms with E-state index in [1.165, 1.54) is 19.2 Å². The number of nitro groups is 1. The molecule has 0 aliphatic carbocycles. The van der Waals surface area contributed by atoms with Crippen LogP contribution in [0, 0.1) is 10.1 Å². The van der Waals surface area contributed by atoms with Crippen LogP contribution in [-0.4, -0.2) is 34.5 Å². The molecule has 136 valence electrons. The van der Waals surface area contributed by atoms with E-state index in [9.17, 15) is 20.0 Å². The van der Waals surface area contributed by atoms with E-state index in [4.69, 9.17) is 4.74 Å². The van der Waals surface area contributed by atoms with Gasteiger partial charge in [0.2, 0.25) is 5.75 Å². The van der Waals surface area contributed by atoms with E-state index in [0.717, 1.165) is 6.42 Å². The first-order chi connectivity index (χ1) is 12.5. The van der Waals surface area contributed by atoms with Crippen molar-refractivity contribution >= 4 is 17.3 Å². The highest BCUT2D eigenvalue weighted by atomic mass is 16.6. The minimum Gasteiger partial charge on any atom is -0.500 e. The van der Waals surface area contributed by atoms with Crippen molar-refractivity contribution in [3.8, 4) is 11.5 Å². The van der Waals surface area contributed by atoms with Gasteiger partial charge in [0.15, 0.2) is 5.75 Å². The van der Waals surface area contributed by atoms with E-state index in [1.54, 1.807) is 23.1 Å². The Morgan fingerprint density at radius 1 is 1.35 bits per heavy atom. The molecule has 8 nitrogen and oxygen atoms in total. The Balaban J connectivity index is 2.13. The predicted molar refractivity (Wildman–Crippen MR) is 95.4 cm³/mol. The molecule has 0 unspecified atom stereocenters. The van der Waals surface area contributed by atoms with Gasteiger partial charge in [0.1, 0.15) is 6.17 Å². The van der Waals surface area contributed by atoms with Crippen molar-refractivity contribution in [1.29, 1.82) is 0 Å². The molecular weight excluding hydrogens is 338 g/mol. The van der Waals surface area contributed by atoms with Crippen LogP contribution in [-0.2, 0) is 0 Å². The van der Waals surface area contributed by atoms with Crippen LogP contribution in [0.5, 0.6) is 11.5 Å². The third-order valence-corrected chi connectivity index (χ3v) is 4.30. The number of para-hydroxylation sites is 1. The second-order valence-corrected chi connectivity index (χ2v) is 5.94. The van der Waals surface area contributed by atoms with Crippen LogP contribution in [0.4, 0.5) is 11.4 Å². The summed E-state index contributed by atoms with van der Waals surface area (Å²) in [7, 11) is 1.32. The number of amides is 1. The first-order valence-corrected chi connectivity index (χ1v) is 8.19. The minimum absolute atomic E-state index is 0.0150. The van der Waals surface area contributed by atoms with Crippen molar-refractivity contribution in [3.63, 3.8) is 0 Å². The lowest BCUT2D eigenvalue weighted by atomic mass is 10.0. The zero-order valence-corrected chi connectivity index (χ0v) is 14.4. The number of anilines is 1. The zero-order valence-electron chi connectivity index (χ0n) is 14.4. The molecule has 0 radical (unpaired) electrons. The van der Waals surface area contributed by atoms with Crippen LogP contribution in [0.1, 0.15) is 35.4 Å². The number of phenols is 1. The van der Waals surface area contributed by atoms with Crippen molar-refractivity contribution in [3.05, 3.63) is 57.6 Å². The number of carbonyl (C=O) groups is 1. The Morgan fingerprint density at radius 3 is 2.73 bits per heavy atom. The number of methoxy groups -OCH3 is 1. The molecule has 0 saturated carbocycles. The molecule has 2 N–H and O–H groups in total. The molecule has 0 aromatic heterocycles. The van der Waals surface area contributed by atoms with Gasteiger partial charge >= 0.3 is 5.69 Å². The molecule has 0 bridgehead atoms. The molecule has 2 aromatic carbocycles. The summed E-state index contributed by atoms with van der Waals surface area (Å²) in [5.41, 5.74) is 1.20. The zero-order chi connectivity index (χ0) is 18.8. The Bertz CT molecular complexity index is 868. The maximum Gasteiger partial charge on any atom is 0.315 e. The van der Waals surface area contributed by atoms with Gasteiger partial charge in [-0.2, -0.15) is 0 Å². The largest absolute Gasteiger partial charge is 0.500 e. The fourth-order valence-corrected chi connectivity index (χ4v) is 3.09. The van der Waals surface area contributed by atoms with E-state index in [1.807, 2.05) is 13.0 Å². The van der Waals surface area contributed by atoms with Gasteiger partial charge in [0, 0.05) is 23.9 Å². The fourth-order valence-electron chi connectivity index (χ4n) is 3.09. The molecule has 1 aliphatic rings. The number of carbonyl (C=O) groups excluding carboxylic acids is 1. The number of nitro benzene ring substituents is 1. The predicted octanol–water partition coefficient (Wildman–Crippen LogP) is 3.29. The van der Waals surface area contributed by atoms with Gasteiger partial charge in [-0.25, -0.2) is 0 Å². The Hall–Kier alpha value is -3.29. The molecule has 0 saturated heterocycles.